The van der Waals surface area contributed by atoms with Gasteiger partial charge in [0, 0.05) is 118 Å². The number of nitrogens with zero attached hydrogens (tertiary/aromatic N) is 4. The van der Waals surface area contributed by atoms with Crippen molar-refractivity contribution in [1.29, 1.82) is 0 Å². The number of nitrogens with one attached hydrogen (secondary N) is 3. The summed E-state index contributed by atoms with van der Waals surface area (Å²) in [4.78, 5) is 21.8. The zero-order chi connectivity index (χ0) is 51.1. The number of halogens is 5. The molecule has 21 heteroatoms. The molecule has 0 saturated carbocycles. The van der Waals surface area contributed by atoms with Gasteiger partial charge in [-0.05, 0) is 116 Å². The van der Waals surface area contributed by atoms with Gasteiger partial charge < -0.3 is 25.2 Å². The van der Waals surface area contributed by atoms with Gasteiger partial charge in [-0.3, -0.25) is 14.6 Å². The molecule has 3 saturated heterocycles. The number of piperazine rings is 2. The predicted octanol–water partition coefficient (Wildman–Crippen LogP) is 8.53. The predicted molar refractivity (Wildman–Crippen MR) is 287 cm³/mol. The summed E-state index contributed by atoms with van der Waals surface area (Å²) in [7, 11) is -10.9. The highest BCUT2D eigenvalue weighted by Crippen LogP contribution is 2.44. The molecule has 3 aliphatic heterocycles. The maximum atomic E-state index is 14.3. The highest BCUT2D eigenvalue weighted by Gasteiger charge is 2.48. The molecule has 3 unspecified atom stereocenters. The molecule has 4 aliphatic rings. The van der Waals surface area contributed by atoms with Crippen molar-refractivity contribution >= 4 is 78.5 Å². The maximum Gasteiger partial charge on any atom is 0.501 e. The number of alkyl halides is 3. The van der Waals surface area contributed by atoms with E-state index >= 15 is 0 Å². The molecule has 4 aromatic carbocycles. The Kier molecular flexibility index (Phi) is 19.3. The van der Waals surface area contributed by atoms with Gasteiger partial charge in [0.1, 0.15) is 4.90 Å². The lowest BCUT2D eigenvalue weighted by molar-refractivity contribution is -0.0435. The van der Waals surface area contributed by atoms with E-state index in [1.165, 1.54) is 40.6 Å². The van der Waals surface area contributed by atoms with E-state index in [2.05, 4.69) is 49.3 Å². The first-order valence-electron chi connectivity index (χ1n) is 24.6. The Morgan fingerprint density at radius 2 is 1.60 bits per heavy atom. The van der Waals surface area contributed by atoms with Gasteiger partial charge in [-0.25, -0.2) is 21.6 Å². The third-order valence-electron chi connectivity index (χ3n) is 14.2. The molecule has 3 atom stereocenters. The summed E-state index contributed by atoms with van der Waals surface area (Å²) >= 11 is 7.74. The van der Waals surface area contributed by atoms with E-state index in [1.54, 1.807) is 12.1 Å². The zero-order valence-corrected chi connectivity index (χ0v) is 45.2. The van der Waals surface area contributed by atoms with Crippen molar-refractivity contribution in [2.45, 2.75) is 71.8 Å². The molecule has 4 aromatic rings. The third kappa shape index (κ3) is 14.7. The number of rotatable bonds is 18. The van der Waals surface area contributed by atoms with Crippen LogP contribution in [0.25, 0.3) is 5.57 Å². The zero-order valence-electron chi connectivity index (χ0n) is 41.2. The summed E-state index contributed by atoms with van der Waals surface area (Å²) in [5.41, 5.74) is -1.03. The molecule has 73 heavy (non-hydrogen) atoms. The van der Waals surface area contributed by atoms with E-state index in [0.717, 1.165) is 107 Å². The minimum Gasteiger partial charge on any atom is -0.380 e. The van der Waals surface area contributed by atoms with Crippen LogP contribution in [0.1, 0.15) is 55.5 Å². The second-order valence-corrected chi connectivity index (χ2v) is 24.8. The fraction of sp³-hybridized carbons (Fsp3) is 0.481. The quantitative estimate of drug-likeness (QED) is 0.0821. The van der Waals surface area contributed by atoms with Crippen LogP contribution in [-0.2, 0) is 24.6 Å². The molecule has 3 fully saturated rings. The van der Waals surface area contributed by atoms with E-state index in [4.69, 9.17) is 16.3 Å². The van der Waals surface area contributed by atoms with Gasteiger partial charge in [0.2, 0.25) is 0 Å². The van der Waals surface area contributed by atoms with Crippen LogP contribution in [0.5, 0.6) is 0 Å². The van der Waals surface area contributed by atoms with Crippen molar-refractivity contribution in [2.24, 2.45) is 5.41 Å². The normalized spacial score (nSPS) is 21.3. The molecule has 3 heterocycles. The van der Waals surface area contributed by atoms with Crippen LogP contribution in [-0.4, -0.2) is 153 Å². The minimum absolute atomic E-state index is 0. The SMILES string of the molecule is CC1COCCN1CCC(CSc1ccccc1)Nc1ccc(S(=O)(=O)NC(=O)c2ccc(N3CCN(CC4=C(c5ccc(Cl)cc5)CCC(C)(CN5CCNCC5)C4)CC3)cc2)cc1S(=O)(=O)C(F)(F)F.Cl. The maximum absolute atomic E-state index is 14.3. The molecular weight excluding hydrogens is 1040 g/mol. The van der Waals surface area contributed by atoms with Crippen molar-refractivity contribution in [1.82, 2.24) is 24.7 Å². The molecular formula is C52H66Cl2F3N7O6S3. The summed E-state index contributed by atoms with van der Waals surface area (Å²) in [6.07, 6.45) is 3.59. The highest BCUT2D eigenvalue weighted by molar-refractivity contribution is 7.99. The molecule has 1 amide bonds. The lowest BCUT2D eigenvalue weighted by atomic mass is 9.71. The van der Waals surface area contributed by atoms with Crippen molar-refractivity contribution in [3.8, 4) is 0 Å². The third-order valence-corrected chi connectivity index (χ3v) is 18.5. The van der Waals surface area contributed by atoms with E-state index in [0.29, 0.717) is 49.6 Å². The standard InChI is InChI=1S/C52H65ClF3N7O6S3.ClH/c1-38-35-69-31-30-62(38)23-19-43(36-70-45-6-4-3-5-7-45)58-48-17-16-46(32-49(48)71(65,66)52(54,55)56)72(67,68)59-50(64)40-10-14-44(15-11-40)63-28-26-60(27-29-63)34-41-33-51(2,37-61-24-21-57-22-25-61)20-18-47(41)39-8-12-42(53)13-9-39;/h3-17,32,38,43,57-58H,18-31,33-37H2,1-2H3,(H,59,64);1H. The van der Waals surface area contributed by atoms with Gasteiger partial charge in [0.15, 0.2) is 0 Å². The first-order chi connectivity index (χ1) is 34.4. The Hall–Kier alpha value is -3.89. The van der Waals surface area contributed by atoms with Gasteiger partial charge in [-0.15, -0.1) is 24.2 Å². The van der Waals surface area contributed by atoms with Gasteiger partial charge >= 0.3 is 5.51 Å². The molecule has 1 aliphatic carbocycles. The lowest BCUT2D eigenvalue weighted by Gasteiger charge is -2.43. The van der Waals surface area contributed by atoms with E-state index in [9.17, 15) is 34.8 Å². The summed E-state index contributed by atoms with van der Waals surface area (Å²) in [5.74, 6) is -0.660. The van der Waals surface area contributed by atoms with Crippen LogP contribution in [0.3, 0.4) is 0 Å². The second-order valence-electron chi connectivity index (χ2n) is 19.7. The van der Waals surface area contributed by atoms with Crippen LogP contribution in [0, 0.1) is 5.41 Å². The number of ether oxygens (including phenoxy) is 1. The summed E-state index contributed by atoms with van der Waals surface area (Å²) < 4.78 is 104. The average molecular weight is 1110 g/mol. The monoisotopic (exact) mass is 1110 g/mol. The summed E-state index contributed by atoms with van der Waals surface area (Å²) in [5, 5.41) is 7.20. The van der Waals surface area contributed by atoms with Crippen LogP contribution >= 0.6 is 35.8 Å². The second kappa shape index (κ2) is 24.8. The number of benzene rings is 4. The molecule has 8 rings (SSSR count). The summed E-state index contributed by atoms with van der Waals surface area (Å²) in [6, 6.07) is 26.1. The van der Waals surface area contributed by atoms with Crippen LogP contribution in [0.15, 0.2) is 117 Å². The van der Waals surface area contributed by atoms with E-state index in [-0.39, 0.29) is 29.4 Å². The molecule has 0 aromatic heterocycles. The van der Waals surface area contributed by atoms with Gasteiger partial charge in [0.25, 0.3) is 25.8 Å². The number of carbonyl (C=O) groups excluding carboxylic acids is 1. The molecule has 0 spiro atoms. The van der Waals surface area contributed by atoms with E-state index < -0.39 is 52.8 Å². The van der Waals surface area contributed by atoms with Gasteiger partial charge in [0.05, 0.1) is 23.8 Å². The van der Waals surface area contributed by atoms with Crippen molar-refractivity contribution in [2.75, 3.05) is 108 Å². The molecule has 3 N–H and O–H groups in total. The van der Waals surface area contributed by atoms with Crippen molar-refractivity contribution in [3.63, 3.8) is 0 Å². The molecule has 0 bridgehead atoms. The number of thioether (sulfide) groups is 1. The van der Waals surface area contributed by atoms with Crippen LogP contribution < -0.4 is 20.3 Å². The lowest BCUT2D eigenvalue weighted by Crippen LogP contribution is -2.49. The number of amides is 1. The number of anilines is 2. The number of morpholine rings is 1. The fourth-order valence-electron chi connectivity index (χ4n) is 10.2. The Morgan fingerprint density at radius 1 is 0.904 bits per heavy atom. The Bertz CT molecular complexity index is 2750. The smallest absolute Gasteiger partial charge is 0.380 e. The minimum atomic E-state index is -6.07. The van der Waals surface area contributed by atoms with E-state index in [1.807, 2.05) is 54.1 Å². The number of allylic oxidation sites excluding steroid dienone is 1. The van der Waals surface area contributed by atoms with Gasteiger partial charge in [-0.1, -0.05) is 54.4 Å². The molecule has 13 nitrogen and oxygen atoms in total. The molecule has 398 valence electrons. The highest BCUT2D eigenvalue weighted by atomic mass is 35.5. The number of carbonyl (C=O) groups is 1. The Balaban J connectivity index is 0.00000780. The number of hydrogen-bond donors (Lipinski definition) is 3. The van der Waals surface area contributed by atoms with Crippen molar-refractivity contribution < 1.29 is 39.5 Å². The number of sulfonamides is 1. The van der Waals surface area contributed by atoms with Gasteiger partial charge in [-0.2, -0.15) is 13.2 Å². The van der Waals surface area contributed by atoms with Crippen molar-refractivity contribution in [3.05, 3.63) is 119 Å². The van der Waals surface area contributed by atoms with Crippen LogP contribution in [0.4, 0.5) is 24.5 Å². The first kappa shape index (κ1) is 56.8. The van der Waals surface area contributed by atoms with Crippen LogP contribution in [0.2, 0.25) is 5.02 Å². The average Bonchev–Trinajstić information content (AvgIpc) is 3.36. The largest absolute Gasteiger partial charge is 0.501 e. The fourth-order valence-corrected chi connectivity index (χ4v) is 13.3. The molecule has 0 radical (unpaired) electrons. The number of hydrogen-bond acceptors (Lipinski definition) is 13. The Morgan fingerprint density at radius 3 is 2.27 bits per heavy atom. The number of sulfone groups is 1. The Labute approximate surface area is 444 Å². The first-order valence-corrected chi connectivity index (χ1v) is 28.9. The summed E-state index contributed by atoms with van der Waals surface area (Å²) in [6.45, 7) is 15.9. The topological polar surface area (TPSA) is 144 Å².